The molecule has 2 atom stereocenters. The topological polar surface area (TPSA) is 235 Å². The first-order chi connectivity index (χ1) is 28.4. The number of hydrogen-bond donors (Lipinski definition) is 4. The maximum atomic E-state index is 12.1. The Kier molecular flexibility index (Phi) is 13.9. The number of nitrogens with one attached hydrogen (secondary N) is 3. The minimum Gasteiger partial charge on any atom is -0.491 e. The van der Waals surface area contributed by atoms with Gasteiger partial charge in [-0.05, 0) is 57.9 Å². The molecular formula is C37H47ClN14O6S2. The molecule has 5 N–H and O–H groups in total. The van der Waals surface area contributed by atoms with Gasteiger partial charge in [-0.3, -0.25) is 0 Å². The second-order valence-electron chi connectivity index (χ2n) is 14.4. The van der Waals surface area contributed by atoms with E-state index in [0.717, 1.165) is 35.6 Å². The summed E-state index contributed by atoms with van der Waals surface area (Å²) in [5.74, 6) is 5.33. The number of carbonyl (C=O) groups excluding carboxylic acids is 1. The number of hydrogen-bond acceptors (Lipinski definition) is 21. The van der Waals surface area contributed by atoms with Gasteiger partial charge in [0.05, 0.1) is 45.5 Å². The summed E-state index contributed by atoms with van der Waals surface area (Å²) in [6.07, 6.45) is 1.28. The third-order valence-electron chi connectivity index (χ3n) is 9.04. The maximum Gasteiger partial charge on any atom is 0.407 e. The summed E-state index contributed by atoms with van der Waals surface area (Å²) in [5, 5.41) is 9.37. The van der Waals surface area contributed by atoms with Crippen LogP contribution in [0.3, 0.4) is 0 Å². The lowest BCUT2D eigenvalue weighted by Crippen LogP contribution is -2.40. The van der Waals surface area contributed by atoms with E-state index in [0.29, 0.717) is 82.6 Å². The van der Waals surface area contributed by atoms with Crippen LogP contribution in [-0.4, -0.2) is 118 Å². The zero-order valence-electron chi connectivity index (χ0n) is 34.1. The monoisotopic (exact) mass is 882 g/mol. The van der Waals surface area contributed by atoms with Gasteiger partial charge in [-0.25, -0.2) is 14.8 Å². The standard InChI is InChI=1S/C21H27N7O4S.C16H19N7O2S.ClH/c1-21(2,3)32-20(29)23-12-8-9-28(10-12)19-26-16(15-18(27-19)33-11-22-15)24-14-7-6-13(30-4)17(25-14)31-5;1-24-10-3-4-11(20-14(10)25-2)19-13-12-15(26-8-18-12)22-16(21-13)23-6-5-9(17)7-23;/h6-7,11-12H,8-10H2,1-5H3,(H,23,29)(H,24,25,26,27);3-4,8-9H,5-7,17H2,1-2H3,(H,19,20,21,22);1H. The first-order valence-electron chi connectivity index (χ1n) is 18.6. The van der Waals surface area contributed by atoms with Gasteiger partial charge in [-0.1, -0.05) is 0 Å². The first kappa shape index (κ1) is 43.7. The van der Waals surface area contributed by atoms with Crippen LogP contribution >= 0.6 is 35.1 Å². The summed E-state index contributed by atoms with van der Waals surface area (Å²) < 4.78 is 26.4. The minimum absolute atomic E-state index is 0. The van der Waals surface area contributed by atoms with E-state index in [-0.39, 0.29) is 24.5 Å². The van der Waals surface area contributed by atoms with E-state index in [1.165, 1.54) is 29.8 Å². The highest BCUT2D eigenvalue weighted by atomic mass is 35.5. The van der Waals surface area contributed by atoms with E-state index in [1.807, 2.05) is 25.7 Å². The van der Waals surface area contributed by atoms with E-state index in [2.05, 4.69) is 55.7 Å². The van der Waals surface area contributed by atoms with Crippen LogP contribution in [0.2, 0.25) is 0 Å². The molecular weight excluding hydrogens is 836 g/mol. The Hall–Kier alpha value is -5.84. The predicted molar refractivity (Wildman–Crippen MR) is 234 cm³/mol. The molecule has 8 rings (SSSR count). The molecule has 0 aliphatic carbocycles. The summed E-state index contributed by atoms with van der Waals surface area (Å²) in [6, 6.07) is 7.23. The Morgan fingerprint density at radius 1 is 0.717 bits per heavy atom. The third-order valence-corrected chi connectivity index (χ3v) is 10.5. The fraction of sp³-hybridized carbons (Fsp3) is 0.432. The fourth-order valence-corrected chi connectivity index (χ4v) is 7.61. The van der Waals surface area contributed by atoms with Crippen LogP contribution in [0.15, 0.2) is 35.3 Å². The Balaban J connectivity index is 0.000000203. The van der Waals surface area contributed by atoms with Crippen molar-refractivity contribution in [2.24, 2.45) is 5.73 Å². The number of amides is 1. The Bertz CT molecular complexity index is 2420. The van der Waals surface area contributed by atoms with Crippen LogP contribution < -0.4 is 50.4 Å². The number of methoxy groups -OCH3 is 4. The summed E-state index contributed by atoms with van der Waals surface area (Å²) >= 11 is 2.91. The molecule has 20 nitrogen and oxygen atoms in total. The summed E-state index contributed by atoms with van der Waals surface area (Å²) in [7, 11) is 6.21. The molecule has 0 radical (unpaired) electrons. The molecule has 8 heterocycles. The number of thiazole rings is 2. The number of nitrogens with zero attached hydrogens (tertiary/aromatic N) is 10. The van der Waals surface area contributed by atoms with Gasteiger partial charge in [-0.15, -0.1) is 35.1 Å². The average Bonchev–Trinajstić information content (AvgIpc) is 4.05. The maximum absolute atomic E-state index is 12.1. The Labute approximate surface area is 360 Å². The van der Waals surface area contributed by atoms with Crippen molar-refractivity contribution in [1.29, 1.82) is 0 Å². The Morgan fingerprint density at radius 3 is 1.67 bits per heavy atom. The van der Waals surface area contributed by atoms with Crippen molar-refractivity contribution < 1.29 is 28.5 Å². The van der Waals surface area contributed by atoms with Crippen LogP contribution in [0.5, 0.6) is 23.3 Å². The number of nitrogens with two attached hydrogens (primary N) is 1. The molecule has 2 aliphatic heterocycles. The van der Waals surface area contributed by atoms with Gasteiger partial charge in [0.1, 0.15) is 28.3 Å². The number of ether oxygens (including phenoxy) is 5. The van der Waals surface area contributed by atoms with E-state index < -0.39 is 11.7 Å². The minimum atomic E-state index is -0.540. The molecule has 1 amide bonds. The highest BCUT2D eigenvalue weighted by Gasteiger charge is 2.29. The smallest absolute Gasteiger partial charge is 0.407 e. The second kappa shape index (κ2) is 19.0. The average molecular weight is 883 g/mol. The van der Waals surface area contributed by atoms with Crippen LogP contribution in [0.4, 0.5) is 40.0 Å². The number of halogens is 1. The fourth-order valence-electron chi connectivity index (χ4n) is 6.30. The summed E-state index contributed by atoms with van der Waals surface area (Å²) in [4.78, 5) is 54.1. The molecule has 0 bridgehead atoms. The predicted octanol–water partition coefficient (Wildman–Crippen LogP) is 5.55. The van der Waals surface area contributed by atoms with Crippen molar-refractivity contribution in [3.63, 3.8) is 0 Å². The zero-order chi connectivity index (χ0) is 41.7. The molecule has 6 aromatic rings. The summed E-state index contributed by atoms with van der Waals surface area (Å²) in [5.41, 5.74) is 10.3. The van der Waals surface area contributed by atoms with Gasteiger partial charge >= 0.3 is 6.09 Å². The van der Waals surface area contributed by atoms with Gasteiger partial charge in [0, 0.05) is 32.2 Å². The van der Waals surface area contributed by atoms with E-state index in [1.54, 1.807) is 56.6 Å². The molecule has 60 heavy (non-hydrogen) atoms. The van der Waals surface area contributed by atoms with Gasteiger partial charge in [0.2, 0.25) is 11.9 Å². The number of rotatable bonds is 11. The molecule has 2 aliphatic rings. The number of fused-ring (bicyclic) bond motifs is 2. The lowest BCUT2D eigenvalue weighted by molar-refractivity contribution is 0.0509. The molecule has 6 aromatic heterocycles. The van der Waals surface area contributed by atoms with Gasteiger partial charge < -0.3 is 55.2 Å². The van der Waals surface area contributed by atoms with Crippen molar-refractivity contribution in [3.8, 4) is 23.3 Å². The van der Waals surface area contributed by atoms with Crippen molar-refractivity contribution in [3.05, 3.63) is 35.3 Å². The van der Waals surface area contributed by atoms with E-state index in [9.17, 15) is 4.79 Å². The van der Waals surface area contributed by atoms with Crippen LogP contribution in [0.1, 0.15) is 33.6 Å². The second-order valence-corrected chi connectivity index (χ2v) is 16.1. The van der Waals surface area contributed by atoms with Gasteiger partial charge in [0.25, 0.3) is 11.8 Å². The molecule has 2 saturated heterocycles. The molecule has 320 valence electrons. The number of aromatic nitrogens is 8. The number of pyridine rings is 2. The van der Waals surface area contributed by atoms with Crippen LogP contribution in [0.25, 0.3) is 20.7 Å². The lowest BCUT2D eigenvalue weighted by Gasteiger charge is -2.22. The summed E-state index contributed by atoms with van der Waals surface area (Å²) in [6.45, 7) is 8.41. The molecule has 23 heteroatoms. The normalized spacial score (nSPS) is 16.1. The first-order valence-corrected chi connectivity index (χ1v) is 20.4. The lowest BCUT2D eigenvalue weighted by atomic mass is 10.2. The van der Waals surface area contributed by atoms with Crippen molar-refractivity contribution in [2.75, 3.05) is 75.1 Å². The van der Waals surface area contributed by atoms with Crippen molar-refractivity contribution >= 4 is 97.0 Å². The SMILES string of the molecule is COc1ccc(Nc2nc(N3CCC(N)C3)nc3scnc23)nc1OC.COc1ccc(Nc2nc(N3CCC(NC(=O)OC(C)(C)C)C3)nc3scnc23)nc1OC.Cl. The van der Waals surface area contributed by atoms with E-state index >= 15 is 0 Å². The van der Waals surface area contributed by atoms with E-state index in [4.69, 9.17) is 34.4 Å². The number of anilines is 6. The molecule has 0 spiro atoms. The highest BCUT2D eigenvalue weighted by Crippen LogP contribution is 2.33. The molecule has 0 aromatic carbocycles. The van der Waals surface area contributed by atoms with Crippen molar-refractivity contribution in [2.45, 2.75) is 51.3 Å². The quantitative estimate of drug-likeness (QED) is 0.125. The zero-order valence-corrected chi connectivity index (χ0v) is 36.5. The largest absolute Gasteiger partial charge is 0.491 e. The molecule has 2 unspecified atom stereocenters. The van der Waals surface area contributed by atoms with Crippen LogP contribution in [-0.2, 0) is 4.74 Å². The van der Waals surface area contributed by atoms with Crippen molar-refractivity contribution in [1.82, 2.24) is 45.2 Å². The number of alkyl carbamates (subject to hydrolysis) is 1. The number of carbonyl (C=O) groups is 1. The highest BCUT2D eigenvalue weighted by molar-refractivity contribution is 7.16. The van der Waals surface area contributed by atoms with Gasteiger partial charge in [0.15, 0.2) is 32.8 Å². The Morgan fingerprint density at radius 2 is 1.22 bits per heavy atom. The molecule has 0 saturated carbocycles. The third kappa shape index (κ3) is 10.3. The van der Waals surface area contributed by atoms with Crippen LogP contribution in [0, 0.1) is 0 Å². The van der Waals surface area contributed by atoms with Gasteiger partial charge in [-0.2, -0.15) is 29.9 Å². The molecule has 2 fully saturated rings.